The van der Waals surface area contributed by atoms with Crippen LogP contribution in [0.15, 0.2) is 30.3 Å². The molecule has 1 aliphatic rings. The monoisotopic (exact) mass is 317 g/mol. The minimum absolute atomic E-state index is 0.0558. The van der Waals surface area contributed by atoms with Gasteiger partial charge in [-0.2, -0.15) is 0 Å². The molecule has 0 saturated carbocycles. The van der Waals surface area contributed by atoms with Crippen molar-refractivity contribution < 1.29 is 14.3 Å². The summed E-state index contributed by atoms with van der Waals surface area (Å²) in [7, 11) is 1.61. The van der Waals surface area contributed by atoms with Crippen molar-refractivity contribution in [2.45, 2.75) is 13.3 Å². The summed E-state index contributed by atoms with van der Waals surface area (Å²) in [5.74, 6) is 0.685. The van der Waals surface area contributed by atoms with Crippen LogP contribution in [0.3, 0.4) is 0 Å². The second-order valence-corrected chi connectivity index (χ2v) is 5.53. The van der Waals surface area contributed by atoms with Crippen LogP contribution in [-0.4, -0.2) is 55.0 Å². The molecule has 0 aliphatic carbocycles. The molecule has 0 spiro atoms. The van der Waals surface area contributed by atoms with Crippen LogP contribution in [0.1, 0.15) is 18.9 Å². The van der Waals surface area contributed by atoms with Crippen LogP contribution >= 0.6 is 0 Å². The van der Waals surface area contributed by atoms with Gasteiger partial charge in [0, 0.05) is 37.8 Å². The third kappa shape index (κ3) is 4.25. The average molecular weight is 317 g/mol. The second-order valence-electron chi connectivity index (χ2n) is 5.53. The highest BCUT2D eigenvalue weighted by Crippen LogP contribution is 2.25. The summed E-state index contributed by atoms with van der Waals surface area (Å²) in [5, 5.41) is 0. The number of rotatable bonds is 3. The van der Waals surface area contributed by atoms with Gasteiger partial charge < -0.3 is 20.3 Å². The number of hydrogen-bond donors (Lipinski definition) is 1. The van der Waals surface area contributed by atoms with Gasteiger partial charge >= 0.3 is 6.03 Å². The lowest BCUT2D eigenvalue weighted by Crippen LogP contribution is -2.39. The summed E-state index contributed by atoms with van der Waals surface area (Å²) < 4.78 is 5.33. The van der Waals surface area contributed by atoms with E-state index in [1.165, 1.54) is 0 Å². The molecule has 0 aromatic heterocycles. The molecule has 6 heteroatoms. The van der Waals surface area contributed by atoms with Gasteiger partial charge in [-0.25, -0.2) is 4.79 Å². The molecule has 2 rings (SSSR count). The molecule has 23 heavy (non-hydrogen) atoms. The predicted molar refractivity (Wildman–Crippen MR) is 89.0 cm³/mol. The van der Waals surface area contributed by atoms with Gasteiger partial charge in [-0.1, -0.05) is 18.2 Å². The Morgan fingerprint density at radius 1 is 1.13 bits per heavy atom. The number of allylic oxidation sites excluding steroid dienone is 1. The van der Waals surface area contributed by atoms with E-state index in [0.29, 0.717) is 26.2 Å². The third-order valence-electron chi connectivity index (χ3n) is 3.99. The lowest BCUT2D eigenvalue weighted by atomic mass is 10.1. The number of methoxy groups -OCH3 is 1. The fourth-order valence-electron chi connectivity index (χ4n) is 2.68. The first-order chi connectivity index (χ1) is 11.0. The first-order valence-electron chi connectivity index (χ1n) is 7.68. The van der Waals surface area contributed by atoms with Gasteiger partial charge in [-0.3, -0.25) is 4.79 Å². The molecule has 1 aromatic carbocycles. The van der Waals surface area contributed by atoms with Gasteiger partial charge in [0.15, 0.2) is 0 Å². The predicted octanol–water partition coefficient (Wildman–Crippen LogP) is 1.71. The topological polar surface area (TPSA) is 75.9 Å². The van der Waals surface area contributed by atoms with E-state index in [1.54, 1.807) is 23.0 Å². The molecule has 0 radical (unpaired) electrons. The lowest BCUT2D eigenvalue weighted by molar-refractivity contribution is -0.125. The smallest absolute Gasteiger partial charge is 0.314 e. The Hall–Kier alpha value is -2.50. The number of nitrogens with two attached hydrogens (primary N) is 1. The van der Waals surface area contributed by atoms with Gasteiger partial charge in [0.05, 0.1) is 7.11 Å². The maximum Gasteiger partial charge on any atom is 0.314 e. The highest BCUT2D eigenvalue weighted by molar-refractivity contribution is 5.95. The van der Waals surface area contributed by atoms with E-state index in [1.807, 2.05) is 31.2 Å². The SMILES string of the molecule is COc1ccccc1/C(C)=C/C(=O)N1CCCN(C(N)=O)CC1. The average Bonchev–Trinajstić information content (AvgIpc) is 2.81. The van der Waals surface area contributed by atoms with Gasteiger partial charge in [0.1, 0.15) is 5.75 Å². The fraction of sp³-hybridized carbons (Fsp3) is 0.412. The van der Waals surface area contributed by atoms with E-state index in [4.69, 9.17) is 10.5 Å². The van der Waals surface area contributed by atoms with Gasteiger partial charge in [-0.05, 0) is 25.0 Å². The summed E-state index contributed by atoms with van der Waals surface area (Å²) in [6.45, 7) is 4.08. The Balaban J connectivity index is 2.09. The molecule has 1 saturated heterocycles. The number of ether oxygens (including phenoxy) is 1. The zero-order valence-corrected chi connectivity index (χ0v) is 13.6. The number of para-hydroxylation sites is 1. The standard InChI is InChI=1S/C17H23N3O3/c1-13(14-6-3-4-7-15(14)23-2)12-16(21)19-8-5-9-20(11-10-19)17(18)22/h3-4,6-7,12H,5,8-11H2,1-2H3,(H2,18,22)/b13-12+. The van der Waals surface area contributed by atoms with Crippen LogP contribution in [0.5, 0.6) is 5.75 Å². The summed E-state index contributed by atoms with van der Waals surface area (Å²) in [6, 6.07) is 7.17. The molecule has 1 fully saturated rings. The Morgan fingerprint density at radius 2 is 1.78 bits per heavy atom. The summed E-state index contributed by atoms with van der Waals surface area (Å²) >= 11 is 0. The molecule has 1 heterocycles. The van der Waals surface area contributed by atoms with Crippen LogP contribution < -0.4 is 10.5 Å². The van der Waals surface area contributed by atoms with Crippen molar-refractivity contribution in [1.29, 1.82) is 0 Å². The van der Waals surface area contributed by atoms with E-state index < -0.39 is 6.03 Å². The van der Waals surface area contributed by atoms with E-state index in [-0.39, 0.29) is 5.91 Å². The summed E-state index contributed by atoms with van der Waals surface area (Å²) in [6.07, 6.45) is 2.36. The van der Waals surface area contributed by atoms with Crippen LogP contribution in [0.4, 0.5) is 4.79 Å². The van der Waals surface area contributed by atoms with Crippen molar-refractivity contribution in [1.82, 2.24) is 9.80 Å². The van der Waals surface area contributed by atoms with E-state index in [0.717, 1.165) is 23.3 Å². The highest BCUT2D eigenvalue weighted by atomic mass is 16.5. The van der Waals surface area contributed by atoms with E-state index in [2.05, 4.69) is 0 Å². The Bertz CT molecular complexity index is 613. The van der Waals surface area contributed by atoms with Crippen LogP contribution in [-0.2, 0) is 4.79 Å². The van der Waals surface area contributed by atoms with E-state index in [9.17, 15) is 9.59 Å². The first-order valence-corrected chi connectivity index (χ1v) is 7.68. The molecule has 6 nitrogen and oxygen atoms in total. The molecule has 0 unspecified atom stereocenters. The lowest BCUT2D eigenvalue weighted by Gasteiger charge is -2.20. The number of nitrogens with zero attached hydrogens (tertiary/aromatic N) is 2. The molecule has 0 bridgehead atoms. The number of carbonyl (C=O) groups is 2. The molecule has 2 N–H and O–H groups in total. The van der Waals surface area contributed by atoms with Crippen LogP contribution in [0.2, 0.25) is 0 Å². The highest BCUT2D eigenvalue weighted by Gasteiger charge is 2.20. The summed E-state index contributed by atoms with van der Waals surface area (Å²) in [4.78, 5) is 27.0. The number of carbonyl (C=O) groups excluding carboxylic acids is 2. The molecule has 3 amide bonds. The van der Waals surface area contributed by atoms with Crippen molar-refractivity contribution in [3.8, 4) is 5.75 Å². The van der Waals surface area contributed by atoms with E-state index >= 15 is 0 Å². The normalized spacial score (nSPS) is 16.0. The Labute approximate surface area is 136 Å². The van der Waals surface area contributed by atoms with Crippen molar-refractivity contribution in [3.63, 3.8) is 0 Å². The fourth-order valence-corrected chi connectivity index (χ4v) is 2.68. The second kappa shape index (κ2) is 7.67. The van der Waals surface area contributed by atoms with Crippen LogP contribution in [0, 0.1) is 0 Å². The maximum absolute atomic E-state index is 12.5. The van der Waals surface area contributed by atoms with Crippen LogP contribution in [0.25, 0.3) is 5.57 Å². The minimum Gasteiger partial charge on any atom is -0.496 e. The Kier molecular flexibility index (Phi) is 5.62. The number of hydrogen-bond acceptors (Lipinski definition) is 3. The van der Waals surface area contributed by atoms with Crippen molar-refractivity contribution >= 4 is 17.5 Å². The largest absolute Gasteiger partial charge is 0.496 e. The van der Waals surface area contributed by atoms with Gasteiger partial charge in [0.2, 0.25) is 5.91 Å². The zero-order valence-electron chi connectivity index (χ0n) is 13.6. The zero-order chi connectivity index (χ0) is 16.8. The number of benzene rings is 1. The molecule has 1 aliphatic heterocycles. The quantitative estimate of drug-likeness (QED) is 0.862. The number of primary amides is 1. The molecule has 1 aromatic rings. The van der Waals surface area contributed by atoms with Crippen molar-refractivity contribution in [2.75, 3.05) is 33.3 Å². The van der Waals surface area contributed by atoms with Gasteiger partial charge in [0.25, 0.3) is 0 Å². The van der Waals surface area contributed by atoms with Crippen molar-refractivity contribution in [2.24, 2.45) is 5.73 Å². The molecular formula is C17H23N3O3. The van der Waals surface area contributed by atoms with Crippen molar-refractivity contribution in [3.05, 3.63) is 35.9 Å². The molecule has 124 valence electrons. The number of amides is 3. The maximum atomic E-state index is 12.5. The first kappa shape index (κ1) is 16.9. The molecular weight excluding hydrogens is 294 g/mol. The van der Waals surface area contributed by atoms with Gasteiger partial charge in [-0.15, -0.1) is 0 Å². The number of urea groups is 1. The Morgan fingerprint density at radius 3 is 2.48 bits per heavy atom. The molecule has 0 atom stereocenters. The summed E-state index contributed by atoms with van der Waals surface area (Å²) in [5.41, 5.74) is 7.05. The minimum atomic E-state index is -0.431. The third-order valence-corrected chi connectivity index (χ3v) is 3.99.